The molecule has 0 heterocycles. The molecule has 0 saturated heterocycles. The monoisotopic (exact) mass is 288 g/mol. The number of amides is 1. The summed E-state index contributed by atoms with van der Waals surface area (Å²) in [5.41, 5.74) is 5.55. The highest BCUT2D eigenvalue weighted by atomic mass is 35.5. The molecule has 3 nitrogen and oxygen atoms in total. The molecule has 2 aliphatic rings. The predicted octanol–water partition coefficient (Wildman–Crippen LogP) is 2.72. The Morgan fingerprint density at radius 2 is 2.05 bits per heavy atom. The van der Waals surface area contributed by atoms with E-state index >= 15 is 0 Å². The van der Waals surface area contributed by atoms with Crippen LogP contribution in [0.2, 0.25) is 0 Å². The summed E-state index contributed by atoms with van der Waals surface area (Å²) in [7, 11) is 0. The van der Waals surface area contributed by atoms with Gasteiger partial charge in [-0.15, -0.1) is 12.4 Å². The molecule has 2 rings (SSSR count). The average molecular weight is 289 g/mol. The molecule has 4 heteroatoms. The number of fused-ring (bicyclic) bond motifs is 2. The zero-order chi connectivity index (χ0) is 13.3. The Bertz CT molecular complexity index is 321. The minimum atomic E-state index is -0.255. The van der Waals surface area contributed by atoms with Gasteiger partial charge in [0.25, 0.3) is 0 Å². The zero-order valence-electron chi connectivity index (χ0n) is 12.4. The van der Waals surface area contributed by atoms with E-state index < -0.39 is 0 Å². The molecule has 4 unspecified atom stereocenters. The Kier molecular flexibility index (Phi) is 5.69. The third-order valence-corrected chi connectivity index (χ3v) is 5.46. The van der Waals surface area contributed by atoms with Crippen LogP contribution in [-0.4, -0.2) is 18.0 Å². The molecule has 112 valence electrons. The van der Waals surface area contributed by atoms with Crippen molar-refractivity contribution in [3.63, 3.8) is 0 Å². The maximum absolute atomic E-state index is 12.2. The topological polar surface area (TPSA) is 55.1 Å². The van der Waals surface area contributed by atoms with Crippen LogP contribution in [0.5, 0.6) is 0 Å². The van der Waals surface area contributed by atoms with Crippen LogP contribution in [0.4, 0.5) is 0 Å². The summed E-state index contributed by atoms with van der Waals surface area (Å²) in [6, 6.07) is 0. The van der Waals surface area contributed by atoms with Gasteiger partial charge in [-0.25, -0.2) is 0 Å². The van der Waals surface area contributed by atoms with Crippen molar-refractivity contribution in [3.8, 4) is 0 Å². The van der Waals surface area contributed by atoms with Gasteiger partial charge in [-0.2, -0.15) is 0 Å². The minimum absolute atomic E-state index is 0. The van der Waals surface area contributed by atoms with Gasteiger partial charge in [-0.3, -0.25) is 4.79 Å². The number of nitrogens with two attached hydrogens (primary N) is 1. The molecular formula is C15H29ClN2O. The molecule has 2 aliphatic carbocycles. The summed E-state index contributed by atoms with van der Waals surface area (Å²) in [5, 5.41) is 3.16. The molecule has 0 radical (unpaired) electrons. The maximum Gasteiger partial charge on any atom is 0.220 e. The van der Waals surface area contributed by atoms with Crippen LogP contribution in [0.25, 0.3) is 0 Å². The molecule has 4 atom stereocenters. The van der Waals surface area contributed by atoms with E-state index in [9.17, 15) is 4.79 Å². The normalized spacial score (nSPS) is 31.9. The smallest absolute Gasteiger partial charge is 0.220 e. The third-order valence-electron chi connectivity index (χ3n) is 5.46. The minimum Gasteiger partial charge on any atom is -0.349 e. The summed E-state index contributed by atoms with van der Waals surface area (Å²) in [5.74, 6) is 2.95. The van der Waals surface area contributed by atoms with Crippen LogP contribution in [0, 0.1) is 23.7 Å². The second-order valence-corrected chi connectivity index (χ2v) is 6.96. The Balaban J connectivity index is 0.00000180. The number of hydrogen-bond donors (Lipinski definition) is 2. The second-order valence-electron chi connectivity index (χ2n) is 6.96. The van der Waals surface area contributed by atoms with Crippen LogP contribution in [0.3, 0.4) is 0 Å². The van der Waals surface area contributed by atoms with Crippen molar-refractivity contribution in [2.45, 2.75) is 58.4 Å². The van der Waals surface area contributed by atoms with Crippen molar-refractivity contribution in [1.29, 1.82) is 0 Å². The average Bonchev–Trinajstić information content (AvgIpc) is 2.90. The maximum atomic E-state index is 12.2. The molecule has 2 fully saturated rings. The third kappa shape index (κ3) is 3.63. The van der Waals surface area contributed by atoms with E-state index in [4.69, 9.17) is 5.73 Å². The van der Waals surface area contributed by atoms with Gasteiger partial charge in [0.2, 0.25) is 5.91 Å². The summed E-state index contributed by atoms with van der Waals surface area (Å²) >= 11 is 0. The van der Waals surface area contributed by atoms with Gasteiger partial charge in [0.05, 0.1) is 5.54 Å². The summed E-state index contributed by atoms with van der Waals surface area (Å²) in [4.78, 5) is 12.2. The van der Waals surface area contributed by atoms with Gasteiger partial charge in [0.15, 0.2) is 0 Å². The van der Waals surface area contributed by atoms with Crippen molar-refractivity contribution in [2.24, 2.45) is 29.4 Å². The van der Waals surface area contributed by atoms with Gasteiger partial charge in [-0.05, 0) is 49.9 Å². The Labute approximate surface area is 123 Å². The SMILES string of the molecule is CC(C)C(C)(CN)NC(=O)CC1CC2CCC1C2.Cl. The number of halogens is 1. The van der Waals surface area contributed by atoms with Crippen LogP contribution >= 0.6 is 12.4 Å². The second kappa shape index (κ2) is 6.45. The molecular weight excluding hydrogens is 260 g/mol. The molecule has 0 aliphatic heterocycles. The Morgan fingerprint density at radius 1 is 1.37 bits per heavy atom. The number of carbonyl (C=O) groups is 1. The van der Waals surface area contributed by atoms with Gasteiger partial charge in [0.1, 0.15) is 0 Å². The highest BCUT2D eigenvalue weighted by Gasteiger charge is 2.40. The van der Waals surface area contributed by atoms with Crippen LogP contribution in [0.1, 0.15) is 52.9 Å². The highest BCUT2D eigenvalue weighted by Crippen LogP contribution is 2.49. The van der Waals surface area contributed by atoms with Crippen LogP contribution in [-0.2, 0) is 4.79 Å². The molecule has 2 bridgehead atoms. The molecule has 19 heavy (non-hydrogen) atoms. The first-order chi connectivity index (χ1) is 8.44. The number of nitrogens with one attached hydrogen (secondary N) is 1. The van der Waals surface area contributed by atoms with Crippen molar-refractivity contribution >= 4 is 18.3 Å². The van der Waals surface area contributed by atoms with Crippen LogP contribution in [0.15, 0.2) is 0 Å². The molecule has 0 aromatic rings. The van der Waals surface area contributed by atoms with E-state index in [-0.39, 0.29) is 23.9 Å². The molecule has 1 amide bonds. The van der Waals surface area contributed by atoms with E-state index in [2.05, 4.69) is 26.1 Å². The van der Waals surface area contributed by atoms with Gasteiger partial charge in [0, 0.05) is 13.0 Å². The van der Waals surface area contributed by atoms with E-state index in [1.54, 1.807) is 0 Å². The fourth-order valence-corrected chi connectivity index (χ4v) is 3.67. The number of carbonyl (C=O) groups excluding carboxylic acids is 1. The van der Waals surface area contributed by atoms with E-state index in [0.717, 1.165) is 11.8 Å². The van der Waals surface area contributed by atoms with Crippen molar-refractivity contribution < 1.29 is 4.79 Å². The van der Waals surface area contributed by atoms with Crippen molar-refractivity contribution in [2.75, 3.05) is 6.54 Å². The zero-order valence-corrected chi connectivity index (χ0v) is 13.3. The Morgan fingerprint density at radius 3 is 2.47 bits per heavy atom. The largest absolute Gasteiger partial charge is 0.349 e. The van der Waals surface area contributed by atoms with E-state index in [1.165, 1.54) is 25.7 Å². The van der Waals surface area contributed by atoms with E-state index in [0.29, 0.717) is 24.8 Å². The highest BCUT2D eigenvalue weighted by molar-refractivity contribution is 5.85. The van der Waals surface area contributed by atoms with E-state index in [1.807, 2.05) is 0 Å². The first-order valence-electron chi connectivity index (χ1n) is 7.45. The van der Waals surface area contributed by atoms with Crippen molar-refractivity contribution in [1.82, 2.24) is 5.32 Å². The summed E-state index contributed by atoms with van der Waals surface area (Å²) < 4.78 is 0. The van der Waals surface area contributed by atoms with Crippen molar-refractivity contribution in [3.05, 3.63) is 0 Å². The van der Waals surface area contributed by atoms with Gasteiger partial charge in [-0.1, -0.05) is 20.3 Å². The number of hydrogen-bond acceptors (Lipinski definition) is 2. The fourth-order valence-electron chi connectivity index (χ4n) is 3.67. The lowest BCUT2D eigenvalue weighted by Gasteiger charge is -2.34. The predicted molar refractivity (Wildman–Crippen MR) is 81.2 cm³/mol. The lowest BCUT2D eigenvalue weighted by Crippen LogP contribution is -2.55. The molecule has 0 spiro atoms. The fraction of sp³-hybridized carbons (Fsp3) is 0.933. The first kappa shape index (κ1) is 16.8. The number of rotatable bonds is 5. The summed E-state index contributed by atoms with van der Waals surface area (Å²) in [6.07, 6.45) is 6.11. The molecule has 2 saturated carbocycles. The van der Waals surface area contributed by atoms with Gasteiger partial charge >= 0.3 is 0 Å². The van der Waals surface area contributed by atoms with Gasteiger partial charge < -0.3 is 11.1 Å². The lowest BCUT2D eigenvalue weighted by molar-refractivity contribution is -0.124. The Hall–Kier alpha value is -0.280. The molecule has 3 N–H and O–H groups in total. The summed E-state index contributed by atoms with van der Waals surface area (Å²) in [6.45, 7) is 6.79. The lowest BCUT2D eigenvalue weighted by atomic mass is 9.84. The quantitative estimate of drug-likeness (QED) is 0.817. The standard InChI is InChI=1S/C15H28N2O.ClH/c1-10(2)15(3,9-16)17-14(18)8-13-7-11-4-5-12(13)6-11;/h10-13H,4-9,16H2,1-3H3,(H,17,18);1H. The molecule has 0 aromatic carbocycles. The first-order valence-corrected chi connectivity index (χ1v) is 7.45. The van der Waals surface area contributed by atoms with Crippen LogP contribution < -0.4 is 11.1 Å². The molecule has 0 aromatic heterocycles.